The monoisotopic (exact) mass is 646 g/mol. The summed E-state index contributed by atoms with van der Waals surface area (Å²) in [4.78, 5) is 51.5. The van der Waals surface area contributed by atoms with Crippen LogP contribution < -0.4 is 5.32 Å². The quantitative estimate of drug-likeness (QED) is 0.0978. The number of hydrogen-bond donors (Lipinski definition) is 1. The van der Waals surface area contributed by atoms with Crippen molar-refractivity contribution in [2.75, 3.05) is 18.5 Å². The van der Waals surface area contributed by atoms with E-state index >= 15 is 0 Å². The predicted octanol–water partition coefficient (Wildman–Crippen LogP) is 7.13. The van der Waals surface area contributed by atoms with Crippen LogP contribution in [-0.4, -0.2) is 41.7 Å². The van der Waals surface area contributed by atoms with Gasteiger partial charge in [-0.25, -0.2) is 4.79 Å². The standard InChI is InChI=1S/C36H36Cl2N2O5/c1-2-3-11-22-45-34(44)23-17-19-24(20-18-23)39-29(41)16-5-4-10-21-40-32(42)30-31(33(40)43)36(38)26-13-7-6-12-25(26)35(30,37)27-14-8-9-15-28(27)36/h6-9,12-15,17-20,30-31H,2-5,10-11,16,21-22H2,1H3,(H,39,41)/t30-,31+,35?,36?. The molecule has 2 bridgehead atoms. The summed E-state index contributed by atoms with van der Waals surface area (Å²) in [5.74, 6) is -2.70. The second kappa shape index (κ2) is 12.6. The summed E-state index contributed by atoms with van der Waals surface area (Å²) in [7, 11) is 0. The van der Waals surface area contributed by atoms with Gasteiger partial charge in [-0.05, 0) is 65.8 Å². The van der Waals surface area contributed by atoms with E-state index in [4.69, 9.17) is 27.9 Å². The molecule has 3 aromatic rings. The number of anilines is 1. The highest BCUT2D eigenvalue weighted by atomic mass is 35.5. The number of unbranched alkanes of at least 4 members (excludes halogenated alkanes) is 4. The second-order valence-corrected chi connectivity index (χ2v) is 13.3. The number of hydrogen-bond acceptors (Lipinski definition) is 5. The lowest BCUT2D eigenvalue weighted by atomic mass is 9.54. The molecule has 1 N–H and O–H groups in total. The van der Waals surface area contributed by atoms with Gasteiger partial charge in [0.1, 0.15) is 9.75 Å². The number of benzene rings is 3. The summed E-state index contributed by atoms with van der Waals surface area (Å²) in [6.45, 7) is 2.73. The topological polar surface area (TPSA) is 92.8 Å². The Hall–Kier alpha value is -3.68. The molecule has 7 nitrogen and oxygen atoms in total. The smallest absolute Gasteiger partial charge is 0.338 e. The molecule has 3 aromatic carbocycles. The first-order chi connectivity index (χ1) is 21.7. The van der Waals surface area contributed by atoms with E-state index in [1.165, 1.54) is 4.90 Å². The van der Waals surface area contributed by atoms with Crippen LogP contribution in [0, 0.1) is 11.8 Å². The van der Waals surface area contributed by atoms with Crippen LogP contribution in [0.25, 0.3) is 0 Å². The molecule has 4 aliphatic rings. The predicted molar refractivity (Wildman–Crippen MR) is 173 cm³/mol. The summed E-state index contributed by atoms with van der Waals surface area (Å²) in [5, 5.41) is 2.85. The summed E-state index contributed by atoms with van der Waals surface area (Å²) < 4.78 is 5.27. The van der Waals surface area contributed by atoms with Crippen LogP contribution in [0.3, 0.4) is 0 Å². The number of amides is 3. The normalized spacial score (nSPS) is 24.2. The fourth-order valence-electron chi connectivity index (χ4n) is 7.19. The fraction of sp³-hybridized carbons (Fsp3) is 0.389. The fourth-order valence-corrected chi connectivity index (χ4v) is 8.29. The van der Waals surface area contributed by atoms with Gasteiger partial charge >= 0.3 is 5.97 Å². The minimum atomic E-state index is -1.18. The average molecular weight is 648 g/mol. The molecule has 234 valence electrons. The maximum Gasteiger partial charge on any atom is 0.338 e. The Kier molecular flexibility index (Phi) is 8.77. The molecule has 0 spiro atoms. The lowest BCUT2D eigenvalue weighted by Crippen LogP contribution is -2.57. The summed E-state index contributed by atoms with van der Waals surface area (Å²) in [6.07, 6.45) is 5.00. The van der Waals surface area contributed by atoms with Gasteiger partial charge in [0.15, 0.2) is 0 Å². The first-order valence-corrected chi connectivity index (χ1v) is 16.5. The van der Waals surface area contributed by atoms with Crippen LogP contribution in [0.4, 0.5) is 5.69 Å². The summed E-state index contributed by atoms with van der Waals surface area (Å²) >= 11 is 14.9. The summed E-state index contributed by atoms with van der Waals surface area (Å²) in [6, 6.07) is 21.8. The van der Waals surface area contributed by atoms with E-state index in [-0.39, 0.29) is 36.7 Å². The van der Waals surface area contributed by atoms with Crippen molar-refractivity contribution in [2.45, 2.75) is 61.6 Å². The van der Waals surface area contributed by atoms with Crippen LogP contribution in [0.15, 0.2) is 72.8 Å². The number of esters is 1. The molecule has 2 atom stereocenters. The van der Waals surface area contributed by atoms with E-state index in [0.717, 1.165) is 41.5 Å². The number of alkyl halides is 2. The first-order valence-electron chi connectivity index (χ1n) is 15.7. The number of nitrogens with zero attached hydrogens (tertiary/aromatic N) is 1. The lowest BCUT2D eigenvalue weighted by molar-refractivity contribution is -0.140. The third-order valence-electron chi connectivity index (χ3n) is 9.35. The van der Waals surface area contributed by atoms with Gasteiger partial charge < -0.3 is 10.1 Å². The second-order valence-electron chi connectivity index (χ2n) is 12.1. The van der Waals surface area contributed by atoms with Crippen molar-refractivity contribution in [1.29, 1.82) is 0 Å². The van der Waals surface area contributed by atoms with Crippen molar-refractivity contribution >= 4 is 52.6 Å². The van der Waals surface area contributed by atoms with Crippen LogP contribution in [0.5, 0.6) is 0 Å². The molecule has 0 radical (unpaired) electrons. The molecule has 0 unspecified atom stereocenters. The molecular weight excluding hydrogens is 611 g/mol. The van der Waals surface area contributed by atoms with E-state index in [2.05, 4.69) is 12.2 Å². The highest BCUT2D eigenvalue weighted by Gasteiger charge is 2.72. The number of nitrogens with one attached hydrogen (secondary N) is 1. The molecular formula is C36H36Cl2N2O5. The van der Waals surface area contributed by atoms with Crippen LogP contribution in [0.1, 0.15) is 84.5 Å². The number of rotatable bonds is 12. The molecule has 7 rings (SSSR count). The van der Waals surface area contributed by atoms with Crippen LogP contribution >= 0.6 is 23.2 Å². The Balaban J connectivity index is 1.03. The number of imide groups is 1. The molecule has 3 amide bonds. The lowest BCUT2D eigenvalue weighted by Gasteiger charge is -2.54. The minimum absolute atomic E-state index is 0.149. The van der Waals surface area contributed by atoms with Crippen molar-refractivity contribution < 1.29 is 23.9 Å². The van der Waals surface area contributed by atoms with Crippen molar-refractivity contribution in [3.63, 3.8) is 0 Å². The number of carbonyl (C=O) groups is 4. The maximum absolute atomic E-state index is 13.9. The molecule has 1 heterocycles. The van der Waals surface area contributed by atoms with E-state index in [1.54, 1.807) is 24.3 Å². The molecule has 1 aliphatic heterocycles. The Morgan fingerprint density at radius 2 is 1.29 bits per heavy atom. The van der Waals surface area contributed by atoms with Crippen LogP contribution in [0.2, 0.25) is 0 Å². The highest BCUT2D eigenvalue weighted by molar-refractivity contribution is 6.36. The summed E-state index contributed by atoms with van der Waals surface area (Å²) in [5.41, 5.74) is 4.18. The van der Waals surface area contributed by atoms with Gasteiger partial charge in [0.2, 0.25) is 17.7 Å². The number of ether oxygens (including phenoxy) is 1. The molecule has 1 saturated heterocycles. The largest absolute Gasteiger partial charge is 0.462 e. The Morgan fingerprint density at radius 3 is 1.80 bits per heavy atom. The van der Waals surface area contributed by atoms with Crippen LogP contribution in [-0.2, 0) is 28.9 Å². The third-order valence-corrected chi connectivity index (χ3v) is 10.6. The average Bonchev–Trinajstić information content (AvgIpc) is 3.32. The van der Waals surface area contributed by atoms with Crippen molar-refractivity contribution in [1.82, 2.24) is 4.90 Å². The van der Waals surface area contributed by atoms with Crippen molar-refractivity contribution in [3.05, 3.63) is 101 Å². The van der Waals surface area contributed by atoms with E-state index < -0.39 is 21.6 Å². The van der Waals surface area contributed by atoms with E-state index in [9.17, 15) is 19.2 Å². The Bertz CT molecular complexity index is 1520. The molecule has 45 heavy (non-hydrogen) atoms. The van der Waals surface area contributed by atoms with Gasteiger partial charge in [0, 0.05) is 18.7 Å². The molecule has 1 fully saturated rings. The van der Waals surface area contributed by atoms with Gasteiger partial charge in [-0.2, -0.15) is 0 Å². The Labute approximate surface area is 273 Å². The maximum atomic E-state index is 13.9. The minimum Gasteiger partial charge on any atom is -0.462 e. The number of likely N-dealkylation sites (tertiary alicyclic amines) is 1. The Morgan fingerprint density at radius 1 is 0.756 bits per heavy atom. The van der Waals surface area contributed by atoms with Crippen molar-refractivity contribution in [3.8, 4) is 0 Å². The van der Waals surface area contributed by atoms with Gasteiger partial charge in [-0.3, -0.25) is 19.3 Å². The number of halogens is 2. The van der Waals surface area contributed by atoms with E-state index in [1.807, 2.05) is 48.5 Å². The molecule has 9 heteroatoms. The van der Waals surface area contributed by atoms with Crippen molar-refractivity contribution in [2.24, 2.45) is 11.8 Å². The zero-order chi connectivity index (χ0) is 31.8. The first kappa shape index (κ1) is 31.3. The molecule has 0 saturated carbocycles. The zero-order valence-electron chi connectivity index (χ0n) is 25.2. The SMILES string of the molecule is CCCCCOC(=O)c1ccc(NC(=O)CCCCCN2C(=O)[C@@H]3[C@H](C2=O)C2(Cl)c4ccccc4C3(Cl)c3ccccc32)cc1. The number of carbonyl (C=O) groups excluding carboxylic acids is 4. The molecule has 0 aromatic heterocycles. The van der Waals surface area contributed by atoms with Gasteiger partial charge in [0.05, 0.1) is 24.0 Å². The highest BCUT2D eigenvalue weighted by Crippen LogP contribution is 2.69. The zero-order valence-corrected chi connectivity index (χ0v) is 26.7. The van der Waals surface area contributed by atoms with Gasteiger partial charge in [-0.15, -0.1) is 23.2 Å². The molecule has 3 aliphatic carbocycles. The van der Waals surface area contributed by atoms with Gasteiger partial charge in [0.25, 0.3) is 0 Å². The van der Waals surface area contributed by atoms with E-state index in [0.29, 0.717) is 37.1 Å². The third kappa shape index (κ3) is 5.24. The van der Waals surface area contributed by atoms with Gasteiger partial charge in [-0.1, -0.05) is 74.7 Å².